The molecular weight excluding hydrogens is 242 g/mol. The highest BCUT2D eigenvalue weighted by Gasteiger charge is 2.27. The van der Waals surface area contributed by atoms with Crippen LogP contribution in [0.4, 0.5) is 0 Å². The van der Waals surface area contributed by atoms with Gasteiger partial charge >= 0.3 is 0 Å². The van der Waals surface area contributed by atoms with E-state index in [0.717, 1.165) is 18.8 Å². The molecule has 1 rings (SSSR count). The first kappa shape index (κ1) is 18.5. The van der Waals surface area contributed by atoms with Crippen LogP contribution in [0.5, 0.6) is 0 Å². The van der Waals surface area contributed by atoms with Gasteiger partial charge in [-0.2, -0.15) is 25.3 Å². The number of primary amides is 1. The minimum absolute atomic E-state index is 0.260. The summed E-state index contributed by atoms with van der Waals surface area (Å²) in [4.78, 5) is 9.22. The minimum Gasteiger partial charge on any atom is -0.376 e. The van der Waals surface area contributed by atoms with Gasteiger partial charge in [-0.15, -0.1) is 0 Å². The average Bonchev–Trinajstić information content (AvgIpc) is 2.24. The molecule has 0 saturated carbocycles. The van der Waals surface area contributed by atoms with Gasteiger partial charge in [0.25, 0.3) is 0 Å². The summed E-state index contributed by atoms with van der Waals surface area (Å²) in [5.41, 5.74) is 4.47. The molecule has 3 nitrogen and oxygen atoms in total. The first-order valence-electron chi connectivity index (χ1n) is 5.65. The summed E-state index contributed by atoms with van der Waals surface area (Å²) in [6.45, 7) is 8.40. The van der Waals surface area contributed by atoms with Crippen molar-refractivity contribution in [3.63, 3.8) is 0 Å². The van der Waals surface area contributed by atoms with Gasteiger partial charge in [-0.25, -0.2) is 0 Å². The lowest BCUT2D eigenvalue weighted by Crippen LogP contribution is -2.37. The second kappa shape index (κ2) is 11.6. The first-order chi connectivity index (χ1) is 7.49. The van der Waals surface area contributed by atoms with Crippen molar-refractivity contribution in [1.29, 1.82) is 0 Å². The summed E-state index contributed by atoms with van der Waals surface area (Å²) in [6.07, 6.45) is 1.40. The van der Waals surface area contributed by atoms with Crippen molar-refractivity contribution in [1.82, 2.24) is 0 Å². The Balaban J connectivity index is 0. The third-order valence-electron chi connectivity index (χ3n) is 2.05. The van der Waals surface area contributed by atoms with Crippen molar-refractivity contribution in [2.45, 2.75) is 45.5 Å². The lowest BCUT2D eigenvalue weighted by molar-refractivity contribution is -0.115. The van der Waals surface area contributed by atoms with Gasteiger partial charge in [0.15, 0.2) is 0 Å². The number of carbonyl (C=O) groups is 1. The van der Waals surface area contributed by atoms with Gasteiger partial charge in [0, 0.05) is 24.5 Å². The highest BCUT2D eigenvalue weighted by atomic mass is 32.1. The Hall–Kier alpha value is 0.130. The van der Waals surface area contributed by atoms with E-state index in [9.17, 15) is 4.79 Å². The van der Waals surface area contributed by atoms with E-state index >= 15 is 0 Å². The molecule has 0 aliphatic carbocycles. The van der Waals surface area contributed by atoms with E-state index < -0.39 is 0 Å². The van der Waals surface area contributed by atoms with Gasteiger partial charge in [-0.3, -0.25) is 4.79 Å². The Morgan fingerprint density at radius 2 is 1.94 bits per heavy atom. The number of thiol groups is 2. The Labute approximate surface area is 110 Å². The fourth-order valence-electron chi connectivity index (χ4n) is 1.20. The second-order valence-corrected chi connectivity index (χ2v) is 4.42. The van der Waals surface area contributed by atoms with Crippen LogP contribution in [-0.4, -0.2) is 29.6 Å². The molecule has 0 aromatic heterocycles. The fourth-order valence-corrected chi connectivity index (χ4v) is 2.04. The van der Waals surface area contributed by atoms with E-state index in [1.165, 1.54) is 6.92 Å². The summed E-state index contributed by atoms with van der Waals surface area (Å²) in [5, 5.41) is 0.381. The van der Waals surface area contributed by atoms with Gasteiger partial charge in [0.1, 0.15) is 0 Å². The maximum absolute atomic E-state index is 9.22. The molecule has 1 amide bonds. The maximum atomic E-state index is 9.22. The van der Waals surface area contributed by atoms with E-state index in [1.807, 2.05) is 13.8 Å². The van der Waals surface area contributed by atoms with Crippen molar-refractivity contribution in [3.05, 3.63) is 0 Å². The van der Waals surface area contributed by atoms with Crippen molar-refractivity contribution in [2.75, 3.05) is 12.4 Å². The van der Waals surface area contributed by atoms with Crippen LogP contribution in [0.15, 0.2) is 0 Å². The topological polar surface area (TPSA) is 52.3 Å². The monoisotopic (exact) mass is 267 g/mol. The standard InChI is InChI=1S/C7H14OS2.C2H5NO.C2H6/c1-5-2-3-8-6(4-9)7(5)10;1-2(3)4;1-2/h5-7,9-10H,2-4H2,1H3;1H3,(H2,3,4);1-2H3/t5?,6?,7-;;/m0../s1. The zero-order valence-electron chi connectivity index (χ0n) is 10.6. The van der Waals surface area contributed by atoms with E-state index in [-0.39, 0.29) is 12.0 Å². The lowest BCUT2D eigenvalue weighted by Gasteiger charge is -2.32. The molecule has 2 N–H and O–H groups in total. The van der Waals surface area contributed by atoms with E-state index in [0.29, 0.717) is 11.2 Å². The highest BCUT2D eigenvalue weighted by Crippen LogP contribution is 2.25. The number of nitrogens with two attached hydrogens (primary N) is 1. The van der Waals surface area contributed by atoms with Gasteiger partial charge in [0.05, 0.1) is 6.10 Å². The predicted octanol–water partition coefficient (Wildman–Crippen LogP) is 2.16. The molecule has 1 saturated heterocycles. The Morgan fingerprint density at radius 3 is 2.25 bits per heavy atom. The Morgan fingerprint density at radius 1 is 1.50 bits per heavy atom. The number of amides is 1. The summed E-state index contributed by atoms with van der Waals surface area (Å²) < 4.78 is 5.46. The molecule has 3 atom stereocenters. The van der Waals surface area contributed by atoms with Crippen LogP contribution in [0.3, 0.4) is 0 Å². The molecule has 98 valence electrons. The molecule has 1 aliphatic rings. The largest absolute Gasteiger partial charge is 0.376 e. The minimum atomic E-state index is -0.333. The van der Waals surface area contributed by atoms with Crippen molar-refractivity contribution < 1.29 is 9.53 Å². The van der Waals surface area contributed by atoms with Crippen LogP contribution >= 0.6 is 25.3 Å². The smallest absolute Gasteiger partial charge is 0.214 e. The first-order valence-corrected chi connectivity index (χ1v) is 6.80. The molecule has 0 bridgehead atoms. The normalized spacial score (nSPS) is 28.0. The second-order valence-electron chi connectivity index (χ2n) is 3.46. The summed E-state index contributed by atoms with van der Waals surface area (Å²) >= 11 is 8.65. The number of ether oxygens (including phenoxy) is 1. The number of hydrogen-bond donors (Lipinski definition) is 3. The van der Waals surface area contributed by atoms with Gasteiger partial charge in [-0.1, -0.05) is 20.8 Å². The lowest BCUT2D eigenvalue weighted by atomic mass is 9.98. The molecule has 0 spiro atoms. The third kappa shape index (κ3) is 9.36. The molecule has 16 heavy (non-hydrogen) atoms. The number of carbonyl (C=O) groups excluding carboxylic acids is 1. The molecule has 1 heterocycles. The Kier molecular flexibility index (Phi) is 13.4. The summed E-state index contributed by atoms with van der Waals surface area (Å²) in [6, 6.07) is 0. The predicted molar refractivity (Wildman–Crippen MR) is 76.4 cm³/mol. The Bertz CT molecular complexity index is 175. The van der Waals surface area contributed by atoms with Crippen LogP contribution in [0.25, 0.3) is 0 Å². The molecule has 1 aliphatic heterocycles. The zero-order chi connectivity index (χ0) is 13.1. The van der Waals surface area contributed by atoms with Crippen LogP contribution in [0.1, 0.15) is 34.1 Å². The molecule has 0 aromatic rings. The van der Waals surface area contributed by atoms with Crippen LogP contribution in [-0.2, 0) is 9.53 Å². The van der Waals surface area contributed by atoms with E-state index in [1.54, 1.807) is 0 Å². The highest BCUT2D eigenvalue weighted by molar-refractivity contribution is 7.81. The molecule has 2 unspecified atom stereocenters. The molecule has 5 heteroatoms. The van der Waals surface area contributed by atoms with E-state index in [4.69, 9.17) is 4.74 Å². The maximum Gasteiger partial charge on any atom is 0.214 e. The average molecular weight is 267 g/mol. The van der Waals surface area contributed by atoms with Crippen molar-refractivity contribution >= 4 is 31.2 Å². The van der Waals surface area contributed by atoms with Gasteiger partial charge in [0.2, 0.25) is 5.91 Å². The van der Waals surface area contributed by atoms with E-state index in [2.05, 4.69) is 37.9 Å². The fraction of sp³-hybridized carbons (Fsp3) is 0.909. The van der Waals surface area contributed by atoms with Crippen LogP contribution in [0.2, 0.25) is 0 Å². The molecular formula is C11H25NO2S2. The summed E-state index contributed by atoms with van der Waals surface area (Å²) in [5.74, 6) is 1.13. The molecule has 1 fully saturated rings. The molecule has 0 radical (unpaired) electrons. The van der Waals surface area contributed by atoms with Gasteiger partial charge < -0.3 is 10.5 Å². The zero-order valence-corrected chi connectivity index (χ0v) is 12.4. The van der Waals surface area contributed by atoms with Crippen molar-refractivity contribution in [3.8, 4) is 0 Å². The SMILES string of the molecule is CC.CC(N)=O.CC1CCOC(CS)[C@H]1S. The van der Waals surface area contributed by atoms with Crippen LogP contribution < -0.4 is 5.73 Å². The molecule has 0 aromatic carbocycles. The third-order valence-corrected chi connectivity index (χ3v) is 3.25. The van der Waals surface area contributed by atoms with Crippen molar-refractivity contribution in [2.24, 2.45) is 11.7 Å². The number of hydrogen-bond acceptors (Lipinski definition) is 4. The van der Waals surface area contributed by atoms with Crippen LogP contribution in [0, 0.1) is 5.92 Å². The summed E-state index contributed by atoms with van der Waals surface area (Å²) in [7, 11) is 0. The number of rotatable bonds is 1. The quantitative estimate of drug-likeness (QED) is 0.638. The van der Waals surface area contributed by atoms with Gasteiger partial charge in [-0.05, 0) is 12.3 Å².